The molecule has 5 nitrogen and oxygen atoms in total. The summed E-state index contributed by atoms with van der Waals surface area (Å²) < 4.78 is 5.39. The van der Waals surface area contributed by atoms with E-state index < -0.39 is 0 Å². The van der Waals surface area contributed by atoms with Crippen LogP contribution in [-0.4, -0.2) is 27.1 Å². The van der Waals surface area contributed by atoms with Crippen molar-refractivity contribution >= 4 is 10.9 Å². The van der Waals surface area contributed by atoms with Crippen molar-refractivity contribution in [1.82, 2.24) is 20.1 Å². The molecule has 2 aromatic heterocycles. The Kier molecular flexibility index (Phi) is 3.05. The van der Waals surface area contributed by atoms with Crippen molar-refractivity contribution in [2.24, 2.45) is 0 Å². The SMILES string of the molecule is Cc1nnc(CN(C)Cc2cccc3[nH]ccc23)o1. The number of aryl methyl sites for hydroxylation is 1. The van der Waals surface area contributed by atoms with E-state index in [2.05, 4.69) is 44.3 Å². The lowest BCUT2D eigenvalue weighted by Crippen LogP contribution is -2.17. The Hall–Kier alpha value is -2.14. The van der Waals surface area contributed by atoms with Gasteiger partial charge in [-0.05, 0) is 24.7 Å². The van der Waals surface area contributed by atoms with Crippen molar-refractivity contribution in [1.29, 1.82) is 0 Å². The fourth-order valence-electron chi connectivity index (χ4n) is 2.27. The highest BCUT2D eigenvalue weighted by Gasteiger charge is 2.09. The summed E-state index contributed by atoms with van der Waals surface area (Å²) in [5, 5.41) is 9.12. The molecule has 0 amide bonds. The van der Waals surface area contributed by atoms with E-state index in [-0.39, 0.29) is 0 Å². The first kappa shape index (κ1) is 11.9. The van der Waals surface area contributed by atoms with E-state index in [1.165, 1.54) is 16.5 Å². The molecule has 0 saturated heterocycles. The minimum atomic E-state index is 0.608. The molecule has 0 saturated carbocycles. The summed E-state index contributed by atoms with van der Waals surface area (Å²) in [7, 11) is 2.05. The summed E-state index contributed by atoms with van der Waals surface area (Å²) in [5.41, 5.74) is 2.46. The molecular formula is C14H16N4O. The summed E-state index contributed by atoms with van der Waals surface area (Å²) in [6, 6.07) is 8.40. The molecule has 0 fully saturated rings. The number of H-pyrrole nitrogens is 1. The van der Waals surface area contributed by atoms with Gasteiger partial charge in [-0.3, -0.25) is 4.90 Å². The predicted molar refractivity (Wildman–Crippen MR) is 72.5 cm³/mol. The van der Waals surface area contributed by atoms with Crippen LogP contribution in [0.2, 0.25) is 0 Å². The average molecular weight is 256 g/mol. The van der Waals surface area contributed by atoms with Crippen molar-refractivity contribution in [2.75, 3.05) is 7.05 Å². The maximum Gasteiger partial charge on any atom is 0.230 e. The van der Waals surface area contributed by atoms with Crippen LogP contribution >= 0.6 is 0 Å². The number of nitrogens with one attached hydrogen (secondary N) is 1. The van der Waals surface area contributed by atoms with E-state index in [4.69, 9.17) is 4.42 Å². The predicted octanol–water partition coefficient (Wildman–Crippen LogP) is 2.49. The first-order chi connectivity index (χ1) is 9.22. The first-order valence-electron chi connectivity index (χ1n) is 6.25. The van der Waals surface area contributed by atoms with Gasteiger partial charge in [-0.2, -0.15) is 0 Å². The monoisotopic (exact) mass is 256 g/mol. The summed E-state index contributed by atoms with van der Waals surface area (Å²) in [5.74, 6) is 1.26. The quantitative estimate of drug-likeness (QED) is 0.779. The Labute approximate surface area is 111 Å². The highest BCUT2D eigenvalue weighted by molar-refractivity contribution is 5.82. The minimum absolute atomic E-state index is 0.608. The Morgan fingerprint density at radius 2 is 2.11 bits per heavy atom. The molecule has 0 aliphatic rings. The van der Waals surface area contributed by atoms with Crippen LogP contribution in [0.5, 0.6) is 0 Å². The Bertz CT molecular complexity index is 685. The molecule has 0 radical (unpaired) electrons. The van der Waals surface area contributed by atoms with Crippen molar-refractivity contribution in [3.8, 4) is 0 Å². The van der Waals surface area contributed by atoms with Crippen molar-refractivity contribution in [2.45, 2.75) is 20.0 Å². The van der Waals surface area contributed by atoms with Gasteiger partial charge >= 0.3 is 0 Å². The van der Waals surface area contributed by atoms with Crippen LogP contribution in [0.3, 0.4) is 0 Å². The molecule has 0 spiro atoms. The Morgan fingerprint density at radius 1 is 1.21 bits per heavy atom. The summed E-state index contributed by atoms with van der Waals surface area (Å²) in [4.78, 5) is 5.39. The van der Waals surface area contributed by atoms with Crippen LogP contribution in [0.15, 0.2) is 34.9 Å². The van der Waals surface area contributed by atoms with Gasteiger partial charge in [0.25, 0.3) is 0 Å². The second kappa shape index (κ2) is 4.85. The number of hydrogen-bond donors (Lipinski definition) is 1. The van der Waals surface area contributed by atoms with E-state index in [1.807, 2.05) is 13.2 Å². The molecule has 1 aromatic carbocycles. The lowest BCUT2D eigenvalue weighted by molar-refractivity contribution is 0.279. The van der Waals surface area contributed by atoms with Gasteiger partial charge in [0.05, 0.1) is 6.54 Å². The summed E-state index contributed by atoms with van der Waals surface area (Å²) in [6.07, 6.45) is 1.97. The minimum Gasteiger partial charge on any atom is -0.424 e. The third-order valence-electron chi connectivity index (χ3n) is 3.10. The van der Waals surface area contributed by atoms with Gasteiger partial charge in [0.15, 0.2) is 0 Å². The molecule has 0 aliphatic heterocycles. The zero-order chi connectivity index (χ0) is 13.2. The number of fused-ring (bicyclic) bond motifs is 1. The number of aromatic nitrogens is 3. The third kappa shape index (κ3) is 2.51. The smallest absolute Gasteiger partial charge is 0.230 e. The summed E-state index contributed by atoms with van der Waals surface area (Å²) >= 11 is 0. The lowest BCUT2D eigenvalue weighted by atomic mass is 10.1. The number of benzene rings is 1. The maximum atomic E-state index is 5.39. The molecule has 1 N–H and O–H groups in total. The molecule has 0 atom stereocenters. The second-order valence-electron chi connectivity index (χ2n) is 4.74. The van der Waals surface area contributed by atoms with Crippen LogP contribution < -0.4 is 0 Å². The van der Waals surface area contributed by atoms with Crippen LogP contribution in [0.25, 0.3) is 10.9 Å². The molecule has 0 aliphatic carbocycles. The zero-order valence-corrected chi connectivity index (χ0v) is 11.1. The molecule has 3 rings (SSSR count). The average Bonchev–Trinajstić information content (AvgIpc) is 2.98. The van der Waals surface area contributed by atoms with E-state index in [1.54, 1.807) is 6.92 Å². The van der Waals surface area contributed by atoms with Gasteiger partial charge < -0.3 is 9.40 Å². The lowest BCUT2D eigenvalue weighted by Gasteiger charge is -2.14. The van der Waals surface area contributed by atoms with E-state index in [9.17, 15) is 0 Å². The largest absolute Gasteiger partial charge is 0.424 e. The van der Waals surface area contributed by atoms with Crippen molar-refractivity contribution in [3.63, 3.8) is 0 Å². The molecule has 5 heteroatoms. The van der Waals surface area contributed by atoms with Crippen LogP contribution in [-0.2, 0) is 13.1 Å². The van der Waals surface area contributed by atoms with Crippen LogP contribution in [0, 0.1) is 6.92 Å². The normalized spacial score (nSPS) is 11.5. The molecule has 3 aromatic rings. The molecule has 0 unspecified atom stereocenters. The molecule has 98 valence electrons. The van der Waals surface area contributed by atoms with Crippen LogP contribution in [0.4, 0.5) is 0 Å². The van der Waals surface area contributed by atoms with Crippen LogP contribution in [0.1, 0.15) is 17.3 Å². The van der Waals surface area contributed by atoms with Gasteiger partial charge in [-0.1, -0.05) is 12.1 Å². The maximum absolute atomic E-state index is 5.39. The summed E-state index contributed by atoms with van der Waals surface area (Å²) in [6.45, 7) is 3.30. The molecular weight excluding hydrogens is 240 g/mol. The zero-order valence-electron chi connectivity index (χ0n) is 11.1. The van der Waals surface area contributed by atoms with E-state index in [0.29, 0.717) is 18.3 Å². The van der Waals surface area contributed by atoms with E-state index in [0.717, 1.165) is 6.54 Å². The fourth-order valence-corrected chi connectivity index (χ4v) is 2.27. The third-order valence-corrected chi connectivity index (χ3v) is 3.10. The Morgan fingerprint density at radius 3 is 2.89 bits per heavy atom. The number of aromatic amines is 1. The number of hydrogen-bond acceptors (Lipinski definition) is 4. The molecule has 19 heavy (non-hydrogen) atoms. The highest BCUT2D eigenvalue weighted by atomic mass is 16.4. The standard InChI is InChI=1S/C14H16N4O/c1-10-16-17-14(19-10)9-18(2)8-11-4-3-5-13-12(11)6-7-15-13/h3-7,15H,8-9H2,1-2H3. The van der Waals surface area contributed by atoms with E-state index >= 15 is 0 Å². The first-order valence-corrected chi connectivity index (χ1v) is 6.25. The Balaban J connectivity index is 1.75. The van der Waals surface area contributed by atoms with Crippen molar-refractivity contribution < 1.29 is 4.42 Å². The number of nitrogens with zero attached hydrogens (tertiary/aromatic N) is 3. The topological polar surface area (TPSA) is 58.0 Å². The molecule has 2 heterocycles. The van der Waals surface area contributed by atoms with Gasteiger partial charge in [0.1, 0.15) is 0 Å². The van der Waals surface area contributed by atoms with Gasteiger partial charge in [-0.25, -0.2) is 0 Å². The van der Waals surface area contributed by atoms with Crippen molar-refractivity contribution in [3.05, 3.63) is 47.8 Å². The highest BCUT2D eigenvalue weighted by Crippen LogP contribution is 2.19. The van der Waals surface area contributed by atoms with Gasteiger partial charge in [0.2, 0.25) is 11.8 Å². The second-order valence-corrected chi connectivity index (χ2v) is 4.74. The van der Waals surface area contributed by atoms with Gasteiger partial charge in [-0.15, -0.1) is 10.2 Å². The molecule has 0 bridgehead atoms. The fraction of sp³-hybridized carbons (Fsp3) is 0.286. The number of rotatable bonds is 4. The van der Waals surface area contributed by atoms with Gasteiger partial charge in [0, 0.05) is 30.6 Å².